The van der Waals surface area contributed by atoms with Crippen molar-refractivity contribution >= 4 is 11.9 Å². The molecule has 4 aliphatic carbocycles. The van der Waals surface area contributed by atoms with E-state index in [1.54, 1.807) is 0 Å². The molecule has 9 atom stereocenters. The zero-order valence-electron chi connectivity index (χ0n) is 45.1. The molecule has 0 aromatic rings. The summed E-state index contributed by atoms with van der Waals surface area (Å²) in [4.78, 5) is 28.2. The number of hydrogen-bond donors (Lipinski definition) is 1. The summed E-state index contributed by atoms with van der Waals surface area (Å²) in [6.07, 6.45) is 42.9. The van der Waals surface area contributed by atoms with Crippen LogP contribution >= 0.6 is 0 Å². The van der Waals surface area contributed by atoms with Gasteiger partial charge in [0, 0.05) is 38.0 Å². The van der Waals surface area contributed by atoms with Crippen LogP contribution in [0.25, 0.3) is 0 Å². The van der Waals surface area contributed by atoms with Crippen molar-refractivity contribution in [3.05, 3.63) is 23.8 Å². The van der Waals surface area contributed by atoms with Crippen molar-refractivity contribution in [1.29, 1.82) is 0 Å². The van der Waals surface area contributed by atoms with Crippen LogP contribution in [0.1, 0.15) is 241 Å². The molecule has 0 radical (unpaired) electrons. The Kier molecular flexibility index (Phi) is 25.5. The van der Waals surface area contributed by atoms with Gasteiger partial charge in [0.05, 0.1) is 19.3 Å². The highest BCUT2D eigenvalue weighted by atomic mass is 16.6. The quantitative estimate of drug-likeness (QED) is 0.0387. The number of fused-ring (bicyclic) bond motifs is 5. The zero-order chi connectivity index (χ0) is 48.7. The third kappa shape index (κ3) is 17.5. The molecule has 8 heteroatoms. The monoisotopic (exact) mass is 951 g/mol. The highest BCUT2D eigenvalue weighted by molar-refractivity contribution is 5.72. The summed E-state index contributed by atoms with van der Waals surface area (Å²) in [6, 6.07) is 0. The van der Waals surface area contributed by atoms with Crippen molar-refractivity contribution in [2.45, 2.75) is 258 Å². The van der Waals surface area contributed by atoms with Gasteiger partial charge in [-0.15, -0.1) is 0 Å². The Morgan fingerprint density at radius 1 is 0.750 bits per heavy atom. The van der Waals surface area contributed by atoms with Gasteiger partial charge in [0.15, 0.2) is 0 Å². The van der Waals surface area contributed by atoms with Crippen LogP contribution in [0.15, 0.2) is 23.8 Å². The Bertz CT molecular complexity index is 1490. The average molecular weight is 952 g/mol. The molecule has 1 aliphatic heterocycles. The first kappa shape index (κ1) is 57.2. The predicted octanol–water partition coefficient (Wildman–Crippen LogP) is 14.7. The van der Waals surface area contributed by atoms with E-state index in [2.05, 4.69) is 64.7 Å². The molecule has 0 amide bonds. The van der Waals surface area contributed by atoms with Crippen molar-refractivity contribution < 1.29 is 28.5 Å². The smallest absolute Gasteiger partial charge is 0.306 e. The summed E-state index contributed by atoms with van der Waals surface area (Å²) in [6.45, 7) is 19.5. The molecule has 9 unspecified atom stereocenters. The van der Waals surface area contributed by atoms with Crippen molar-refractivity contribution in [2.24, 2.45) is 46.2 Å². The lowest BCUT2D eigenvalue weighted by Crippen LogP contribution is -2.65. The number of carbonyl (C=O) groups is 2. The van der Waals surface area contributed by atoms with Crippen LogP contribution in [0, 0.1) is 40.4 Å². The second-order valence-electron chi connectivity index (χ2n) is 23.8. The molecule has 1 saturated heterocycles. The third-order valence-electron chi connectivity index (χ3n) is 18.4. The fraction of sp³-hybridized carbons (Fsp3) is 0.900. The highest BCUT2D eigenvalue weighted by Crippen LogP contribution is 2.68. The first-order valence-corrected chi connectivity index (χ1v) is 29.3. The van der Waals surface area contributed by atoms with Crippen LogP contribution in [0.3, 0.4) is 0 Å². The maximum atomic E-state index is 13.1. The Morgan fingerprint density at radius 2 is 1.44 bits per heavy atom. The van der Waals surface area contributed by atoms with Gasteiger partial charge in [0.2, 0.25) is 0 Å². The van der Waals surface area contributed by atoms with Gasteiger partial charge in [0.25, 0.3) is 0 Å². The molecule has 0 aromatic carbocycles. The summed E-state index contributed by atoms with van der Waals surface area (Å²) in [5.41, 5.74) is 9.45. The number of rotatable bonds is 34. The van der Waals surface area contributed by atoms with Crippen LogP contribution in [0.5, 0.6) is 0 Å². The minimum Gasteiger partial charge on any atom is -0.463 e. The molecule has 5 aliphatic rings. The minimum atomic E-state index is -0.282. The van der Waals surface area contributed by atoms with Gasteiger partial charge in [-0.3, -0.25) is 9.59 Å². The van der Waals surface area contributed by atoms with Gasteiger partial charge in [-0.2, -0.15) is 0 Å². The summed E-state index contributed by atoms with van der Waals surface area (Å²) in [5.74, 6) is 2.90. The van der Waals surface area contributed by atoms with Gasteiger partial charge in [-0.05, 0) is 150 Å². The number of unbranched alkanes of at least 4 members (excludes halogenated alkanes) is 12. The van der Waals surface area contributed by atoms with Crippen molar-refractivity contribution in [1.82, 2.24) is 4.90 Å². The van der Waals surface area contributed by atoms with Crippen molar-refractivity contribution in [3.63, 3.8) is 0 Å². The van der Waals surface area contributed by atoms with Crippen LogP contribution in [-0.4, -0.2) is 80.6 Å². The molecule has 0 bridgehead atoms. The molecule has 392 valence electrons. The Morgan fingerprint density at radius 3 is 2.16 bits per heavy atom. The number of nitrogens with zero attached hydrogens (tertiary/aromatic N) is 1. The molecule has 68 heavy (non-hydrogen) atoms. The third-order valence-corrected chi connectivity index (χ3v) is 18.4. The molecule has 5 rings (SSSR count). The fourth-order valence-corrected chi connectivity index (χ4v) is 14.1. The normalized spacial score (nSPS) is 29.3. The largest absolute Gasteiger partial charge is 0.463 e. The second-order valence-corrected chi connectivity index (χ2v) is 23.8. The number of esters is 2. The van der Waals surface area contributed by atoms with Crippen LogP contribution in [-0.2, 0) is 28.5 Å². The standard InChI is InChI=1S/C60H106N2O6/c1-7-8-9-10-11-12-13-14-15-16-17-18-19-20-21-25-42-65-47-52(46-62-40-23-22-24-41-62)66-43-44-67-56(63)30-27-31-57(64)68-51-34-37-58(5)50(45-51)32-33-55-54(58)35-38-59(6)53(36-39-60(55,59)61)49(4)29-26-28-48(2)3/h14-15,32,48-49,51-55H,7-13,16-31,33-47,61H2,1-6H3. The fourth-order valence-electron chi connectivity index (χ4n) is 14.1. The average Bonchev–Trinajstić information content (AvgIpc) is 3.60. The van der Waals surface area contributed by atoms with E-state index in [9.17, 15) is 9.59 Å². The number of likely N-dealkylation sites (tertiary alicyclic amines) is 1. The van der Waals surface area contributed by atoms with Crippen LogP contribution < -0.4 is 5.73 Å². The van der Waals surface area contributed by atoms with E-state index >= 15 is 0 Å². The second kappa shape index (κ2) is 30.3. The zero-order valence-corrected chi connectivity index (χ0v) is 45.1. The number of hydrogen-bond acceptors (Lipinski definition) is 8. The Labute approximate surface area is 418 Å². The van der Waals surface area contributed by atoms with E-state index in [4.69, 9.17) is 24.7 Å². The first-order chi connectivity index (χ1) is 32.9. The van der Waals surface area contributed by atoms with E-state index in [0.717, 1.165) is 82.5 Å². The van der Waals surface area contributed by atoms with Crippen molar-refractivity contribution in [3.8, 4) is 0 Å². The Hall–Kier alpha value is -1.74. The molecule has 0 aromatic heterocycles. The molecule has 8 nitrogen and oxygen atoms in total. The maximum absolute atomic E-state index is 13.1. The lowest BCUT2D eigenvalue weighted by molar-refractivity contribution is -0.152. The number of nitrogens with two attached hydrogens (primary N) is 1. The lowest BCUT2D eigenvalue weighted by atomic mass is 9.44. The molecular formula is C60H106N2O6. The molecule has 3 saturated carbocycles. The summed E-state index contributed by atoms with van der Waals surface area (Å²) in [7, 11) is 0. The predicted molar refractivity (Wildman–Crippen MR) is 281 cm³/mol. The molecular weight excluding hydrogens is 845 g/mol. The van der Waals surface area contributed by atoms with E-state index in [1.807, 2.05) is 0 Å². The lowest BCUT2D eigenvalue weighted by Gasteiger charge is -2.62. The number of allylic oxidation sites excluding steroid dienone is 3. The van der Waals surface area contributed by atoms with Crippen LogP contribution in [0.4, 0.5) is 0 Å². The molecule has 1 heterocycles. The minimum absolute atomic E-state index is 0.0342. The van der Waals surface area contributed by atoms with Gasteiger partial charge >= 0.3 is 11.9 Å². The molecule has 4 fully saturated rings. The first-order valence-electron chi connectivity index (χ1n) is 29.3. The number of carbonyl (C=O) groups excluding carboxylic acids is 2. The summed E-state index contributed by atoms with van der Waals surface area (Å²) in [5, 5.41) is 0. The van der Waals surface area contributed by atoms with E-state index in [1.165, 1.54) is 147 Å². The van der Waals surface area contributed by atoms with Gasteiger partial charge in [-0.1, -0.05) is 149 Å². The van der Waals surface area contributed by atoms with Gasteiger partial charge in [-0.25, -0.2) is 0 Å². The van der Waals surface area contributed by atoms with E-state index < -0.39 is 0 Å². The highest BCUT2D eigenvalue weighted by Gasteiger charge is 2.65. The molecule has 2 N–H and O–H groups in total. The Balaban J connectivity index is 0.918. The topological polar surface area (TPSA) is 100 Å². The number of piperidine rings is 1. The summed E-state index contributed by atoms with van der Waals surface area (Å²) >= 11 is 0. The van der Waals surface area contributed by atoms with Gasteiger partial charge < -0.3 is 29.6 Å². The van der Waals surface area contributed by atoms with E-state index in [0.29, 0.717) is 31.5 Å². The van der Waals surface area contributed by atoms with Gasteiger partial charge in [0.1, 0.15) is 12.7 Å². The summed E-state index contributed by atoms with van der Waals surface area (Å²) < 4.78 is 24.0. The van der Waals surface area contributed by atoms with Crippen LogP contribution in [0.2, 0.25) is 0 Å². The SMILES string of the molecule is CCCCCCCCC=CCCCCCCCCOCC(CN1CCCCC1)OCCOC(=O)CCCC(=O)OC1CCC2(C)C(=CCC3C2CCC2(C)C(C(C)CCCC(C)C)CCC32N)C1. The maximum Gasteiger partial charge on any atom is 0.306 e. The molecule has 0 spiro atoms. The number of ether oxygens (including phenoxy) is 4. The van der Waals surface area contributed by atoms with E-state index in [-0.39, 0.29) is 60.0 Å². The van der Waals surface area contributed by atoms with Crippen molar-refractivity contribution in [2.75, 3.05) is 46.1 Å².